The van der Waals surface area contributed by atoms with Crippen LogP contribution in [-0.2, 0) is 11.2 Å². The van der Waals surface area contributed by atoms with Gasteiger partial charge in [0.25, 0.3) is 5.91 Å². The number of amides is 1. The van der Waals surface area contributed by atoms with Crippen LogP contribution < -0.4 is 5.32 Å². The molecule has 1 aromatic heterocycles. The minimum absolute atomic E-state index is 0.394. The summed E-state index contributed by atoms with van der Waals surface area (Å²) in [7, 11) is 0. The third kappa shape index (κ3) is 2.59. The maximum Gasteiger partial charge on any atom is 0.325 e. The smallest absolute Gasteiger partial charge is 0.325 e. The number of carboxylic acids is 1. The second-order valence-corrected chi connectivity index (χ2v) is 3.14. The molecule has 15 heavy (non-hydrogen) atoms. The summed E-state index contributed by atoms with van der Waals surface area (Å²) in [5.74, 6) is -0.925. The molecule has 2 N–H and O–H groups in total. The predicted octanol–water partition coefficient (Wildman–Crippen LogP) is 1.04. The summed E-state index contributed by atoms with van der Waals surface area (Å²) in [5.41, 5.74) is 0.394. The zero-order chi connectivity index (χ0) is 11.4. The molecule has 1 atom stereocenters. The number of furan rings is 1. The van der Waals surface area contributed by atoms with Crippen molar-refractivity contribution < 1.29 is 19.1 Å². The highest BCUT2D eigenvalue weighted by molar-refractivity contribution is 5.97. The highest BCUT2D eigenvalue weighted by Gasteiger charge is 2.18. The molecule has 0 spiro atoms. The Morgan fingerprint density at radius 2 is 2.27 bits per heavy atom. The fraction of sp³-hybridized carbons (Fsp3) is 0.400. The third-order valence-corrected chi connectivity index (χ3v) is 2.03. The summed E-state index contributed by atoms with van der Waals surface area (Å²) < 4.78 is 5.07. The average Bonchev–Trinajstić information content (AvgIpc) is 2.64. The van der Waals surface area contributed by atoms with Gasteiger partial charge in [0.1, 0.15) is 11.8 Å². The first-order valence-corrected chi connectivity index (χ1v) is 4.66. The molecule has 1 aromatic rings. The van der Waals surface area contributed by atoms with Crippen molar-refractivity contribution in [2.45, 2.75) is 26.3 Å². The zero-order valence-corrected chi connectivity index (χ0v) is 8.61. The molecule has 0 fully saturated rings. The summed E-state index contributed by atoms with van der Waals surface area (Å²) in [6.45, 7) is 3.27. The van der Waals surface area contributed by atoms with Gasteiger partial charge in [0.05, 0.1) is 11.8 Å². The van der Waals surface area contributed by atoms with E-state index in [0.717, 1.165) is 0 Å². The van der Waals surface area contributed by atoms with Crippen LogP contribution in [0.15, 0.2) is 16.7 Å². The number of hydrogen-bond donors (Lipinski definition) is 2. The Balaban J connectivity index is 2.73. The van der Waals surface area contributed by atoms with E-state index in [1.165, 1.54) is 19.3 Å². The fourth-order valence-corrected chi connectivity index (χ4v) is 1.15. The van der Waals surface area contributed by atoms with Crippen LogP contribution in [0.1, 0.15) is 30.0 Å². The van der Waals surface area contributed by atoms with Crippen LogP contribution in [-0.4, -0.2) is 23.0 Å². The van der Waals surface area contributed by atoms with Gasteiger partial charge in [-0.1, -0.05) is 6.92 Å². The van der Waals surface area contributed by atoms with E-state index < -0.39 is 17.9 Å². The molecule has 0 aromatic carbocycles. The van der Waals surface area contributed by atoms with Crippen molar-refractivity contribution in [3.63, 3.8) is 0 Å². The molecular formula is C10H13NO4. The SMILES string of the molecule is CCc1occc1C(=O)NC(C)C(=O)O. The van der Waals surface area contributed by atoms with Gasteiger partial charge in [0.2, 0.25) is 0 Å². The number of carbonyl (C=O) groups excluding carboxylic acids is 1. The maximum atomic E-state index is 11.6. The molecule has 0 aliphatic carbocycles. The van der Waals surface area contributed by atoms with Crippen molar-refractivity contribution >= 4 is 11.9 Å². The molecule has 0 saturated heterocycles. The van der Waals surface area contributed by atoms with Crippen LogP contribution >= 0.6 is 0 Å². The van der Waals surface area contributed by atoms with Crippen LogP contribution in [0.4, 0.5) is 0 Å². The molecule has 82 valence electrons. The molecule has 0 aliphatic rings. The Hall–Kier alpha value is -1.78. The minimum atomic E-state index is -1.06. The summed E-state index contributed by atoms with van der Waals surface area (Å²) in [6.07, 6.45) is 2.01. The Bertz CT molecular complexity index is 369. The van der Waals surface area contributed by atoms with E-state index in [9.17, 15) is 9.59 Å². The average molecular weight is 211 g/mol. The topological polar surface area (TPSA) is 79.5 Å². The molecule has 0 aliphatic heterocycles. The molecule has 0 radical (unpaired) electrons. The second kappa shape index (κ2) is 4.63. The predicted molar refractivity (Wildman–Crippen MR) is 52.7 cm³/mol. The highest BCUT2D eigenvalue weighted by Crippen LogP contribution is 2.10. The number of hydrogen-bond acceptors (Lipinski definition) is 3. The largest absolute Gasteiger partial charge is 0.480 e. The Kier molecular flexibility index (Phi) is 3.49. The molecule has 1 unspecified atom stereocenters. The molecule has 5 heteroatoms. The molecule has 5 nitrogen and oxygen atoms in total. The lowest BCUT2D eigenvalue weighted by Crippen LogP contribution is -2.38. The van der Waals surface area contributed by atoms with Crippen LogP contribution in [0.25, 0.3) is 0 Å². The van der Waals surface area contributed by atoms with Gasteiger partial charge in [-0.2, -0.15) is 0 Å². The summed E-state index contributed by atoms with van der Waals surface area (Å²) in [4.78, 5) is 22.1. The van der Waals surface area contributed by atoms with Crippen molar-refractivity contribution in [3.8, 4) is 0 Å². The number of rotatable bonds is 4. The Morgan fingerprint density at radius 1 is 1.60 bits per heavy atom. The lowest BCUT2D eigenvalue weighted by atomic mass is 10.2. The first-order valence-electron chi connectivity index (χ1n) is 4.66. The monoisotopic (exact) mass is 211 g/mol. The number of aryl methyl sites for hydroxylation is 1. The first-order chi connectivity index (χ1) is 7.06. The van der Waals surface area contributed by atoms with Crippen LogP contribution in [0, 0.1) is 0 Å². The summed E-state index contributed by atoms with van der Waals surface area (Å²) >= 11 is 0. The van der Waals surface area contributed by atoms with Crippen molar-refractivity contribution in [1.82, 2.24) is 5.32 Å². The normalized spacial score (nSPS) is 12.1. The molecule has 0 bridgehead atoms. The van der Waals surface area contributed by atoms with Gasteiger partial charge in [0.15, 0.2) is 0 Å². The number of carboxylic acid groups (broad SMARTS) is 1. The molecule has 0 saturated carbocycles. The lowest BCUT2D eigenvalue weighted by Gasteiger charge is -2.08. The molecule has 1 heterocycles. The minimum Gasteiger partial charge on any atom is -0.480 e. The Labute approximate surface area is 87.1 Å². The van der Waals surface area contributed by atoms with Crippen molar-refractivity contribution in [1.29, 1.82) is 0 Å². The fourth-order valence-electron chi connectivity index (χ4n) is 1.15. The van der Waals surface area contributed by atoms with Crippen molar-refractivity contribution in [2.75, 3.05) is 0 Å². The number of carbonyl (C=O) groups is 2. The highest BCUT2D eigenvalue weighted by atomic mass is 16.4. The van der Waals surface area contributed by atoms with E-state index in [-0.39, 0.29) is 0 Å². The van der Waals surface area contributed by atoms with Gasteiger partial charge in [-0.3, -0.25) is 9.59 Å². The third-order valence-electron chi connectivity index (χ3n) is 2.03. The quantitative estimate of drug-likeness (QED) is 0.780. The van der Waals surface area contributed by atoms with Gasteiger partial charge >= 0.3 is 5.97 Å². The van der Waals surface area contributed by atoms with Gasteiger partial charge in [-0.15, -0.1) is 0 Å². The van der Waals surface area contributed by atoms with Crippen LogP contribution in [0.2, 0.25) is 0 Å². The van der Waals surface area contributed by atoms with E-state index >= 15 is 0 Å². The van der Waals surface area contributed by atoms with E-state index in [1.54, 1.807) is 0 Å². The lowest BCUT2D eigenvalue weighted by molar-refractivity contribution is -0.138. The van der Waals surface area contributed by atoms with Crippen molar-refractivity contribution in [3.05, 3.63) is 23.7 Å². The summed E-state index contributed by atoms with van der Waals surface area (Å²) in [5, 5.41) is 11.0. The number of aliphatic carboxylic acids is 1. The molecular weight excluding hydrogens is 198 g/mol. The standard InChI is InChI=1S/C10H13NO4/c1-3-8-7(4-5-15-8)9(12)11-6(2)10(13)14/h4-6H,3H2,1-2H3,(H,11,12)(H,13,14). The Morgan fingerprint density at radius 3 is 2.80 bits per heavy atom. The molecule has 1 rings (SSSR count). The zero-order valence-electron chi connectivity index (χ0n) is 8.61. The van der Waals surface area contributed by atoms with Crippen LogP contribution in [0.5, 0.6) is 0 Å². The van der Waals surface area contributed by atoms with E-state index in [1.807, 2.05) is 6.92 Å². The van der Waals surface area contributed by atoms with E-state index in [2.05, 4.69) is 5.32 Å². The van der Waals surface area contributed by atoms with Crippen molar-refractivity contribution in [2.24, 2.45) is 0 Å². The maximum absolute atomic E-state index is 11.6. The van der Waals surface area contributed by atoms with Gasteiger partial charge in [0, 0.05) is 6.42 Å². The van der Waals surface area contributed by atoms with Gasteiger partial charge < -0.3 is 14.8 Å². The van der Waals surface area contributed by atoms with E-state index in [4.69, 9.17) is 9.52 Å². The molecule has 1 amide bonds. The van der Waals surface area contributed by atoms with Gasteiger partial charge in [-0.05, 0) is 13.0 Å². The number of nitrogens with one attached hydrogen (secondary N) is 1. The van der Waals surface area contributed by atoms with Crippen LogP contribution in [0.3, 0.4) is 0 Å². The van der Waals surface area contributed by atoms with Gasteiger partial charge in [-0.25, -0.2) is 0 Å². The summed E-state index contributed by atoms with van der Waals surface area (Å²) in [6, 6.07) is 0.625. The first kappa shape index (κ1) is 11.3. The second-order valence-electron chi connectivity index (χ2n) is 3.14. The van der Waals surface area contributed by atoms with E-state index in [0.29, 0.717) is 17.7 Å².